The topological polar surface area (TPSA) is 203 Å². The van der Waals surface area contributed by atoms with Crippen LogP contribution in [0.2, 0.25) is 0 Å². The van der Waals surface area contributed by atoms with E-state index in [0.717, 1.165) is 68.5 Å². The number of amides is 3. The summed E-state index contributed by atoms with van der Waals surface area (Å²) >= 11 is 8.34. The predicted octanol–water partition coefficient (Wildman–Crippen LogP) is 7.90. The summed E-state index contributed by atoms with van der Waals surface area (Å²) in [6, 6.07) is 21.5. The number of aryl methyl sites for hydroxylation is 1. The maximum absolute atomic E-state index is 12.4. The fourth-order valence-corrected chi connectivity index (χ4v) is 9.63. The summed E-state index contributed by atoms with van der Waals surface area (Å²) in [7, 11) is 5.12. The van der Waals surface area contributed by atoms with Gasteiger partial charge in [-0.3, -0.25) is 38.4 Å². The summed E-state index contributed by atoms with van der Waals surface area (Å²) in [6.07, 6.45) is 10.8. The molecular formula is C49H41Br2N11O8S. The van der Waals surface area contributed by atoms with Gasteiger partial charge in [-0.1, -0.05) is 31.9 Å². The fourth-order valence-electron chi connectivity index (χ4n) is 8.06. The summed E-state index contributed by atoms with van der Waals surface area (Å²) < 4.78 is 32.8. The molecular weight excluding hydrogens is 1060 g/mol. The molecule has 9 aromatic rings. The van der Waals surface area contributed by atoms with E-state index in [0.29, 0.717) is 60.6 Å². The summed E-state index contributed by atoms with van der Waals surface area (Å²) in [4.78, 5) is 53.0. The van der Waals surface area contributed by atoms with Crippen molar-refractivity contribution in [3.05, 3.63) is 113 Å². The summed E-state index contributed by atoms with van der Waals surface area (Å²) in [5, 5.41) is 19.1. The van der Waals surface area contributed by atoms with E-state index in [1.165, 1.54) is 11.8 Å². The van der Waals surface area contributed by atoms with E-state index < -0.39 is 0 Å². The Bertz CT molecular complexity index is 3540. The maximum Gasteiger partial charge on any atom is 0.265 e. The van der Waals surface area contributed by atoms with Crippen LogP contribution in [0.3, 0.4) is 0 Å². The molecule has 0 fully saturated rings. The predicted molar refractivity (Wildman–Crippen MR) is 274 cm³/mol. The molecule has 3 aromatic carbocycles. The normalized spacial score (nSPS) is 13.8. The number of aromatic nitrogens is 8. The highest BCUT2D eigenvalue weighted by atomic mass is 79.9. The van der Waals surface area contributed by atoms with Crippen molar-refractivity contribution in [2.75, 3.05) is 75.5 Å². The first-order valence-electron chi connectivity index (χ1n) is 21.9. The number of halogens is 2. The van der Waals surface area contributed by atoms with Gasteiger partial charge in [0.15, 0.2) is 47.9 Å². The number of hydrogen-bond donors (Lipinski definition) is 1. The van der Waals surface area contributed by atoms with Gasteiger partial charge in [-0.05, 0) is 78.5 Å². The second kappa shape index (κ2) is 20.6. The molecule has 0 spiro atoms. The molecule has 12 rings (SSSR count). The van der Waals surface area contributed by atoms with Gasteiger partial charge in [-0.15, -0.1) is 10.2 Å². The zero-order valence-electron chi connectivity index (χ0n) is 38.2. The van der Waals surface area contributed by atoms with Crippen molar-refractivity contribution < 1.29 is 38.1 Å². The minimum Gasteiger partial charge on any atom is -0.481 e. The van der Waals surface area contributed by atoms with Gasteiger partial charge in [0.05, 0.1) is 54.6 Å². The first kappa shape index (κ1) is 47.4. The number of carbonyl (C=O) groups excluding carboxylic acids is 3. The first-order chi connectivity index (χ1) is 34.5. The smallest absolute Gasteiger partial charge is 0.265 e. The van der Waals surface area contributed by atoms with E-state index >= 15 is 0 Å². The van der Waals surface area contributed by atoms with Crippen molar-refractivity contribution in [1.82, 2.24) is 39.3 Å². The molecule has 9 heterocycles. The van der Waals surface area contributed by atoms with Gasteiger partial charge in [-0.25, -0.2) is 0 Å². The second-order valence-corrected chi connectivity index (χ2v) is 18.9. The van der Waals surface area contributed by atoms with E-state index in [9.17, 15) is 14.4 Å². The highest BCUT2D eigenvalue weighted by molar-refractivity contribution is 9.10. The quantitative estimate of drug-likeness (QED) is 0.146. The third kappa shape index (κ3) is 9.93. The molecule has 19 nitrogen and oxygen atoms in total. The van der Waals surface area contributed by atoms with Gasteiger partial charge in [0.2, 0.25) is 0 Å². The first-order valence-corrected chi connectivity index (χ1v) is 24.3. The van der Waals surface area contributed by atoms with Crippen LogP contribution in [-0.2, 0) is 30.9 Å². The molecule has 0 aliphatic carbocycles. The Kier molecular flexibility index (Phi) is 13.8. The molecule has 0 saturated heterocycles. The molecule has 3 aliphatic rings. The Morgan fingerprint density at radius 2 is 1.23 bits per heavy atom. The van der Waals surface area contributed by atoms with Gasteiger partial charge >= 0.3 is 0 Å². The van der Waals surface area contributed by atoms with Crippen LogP contribution >= 0.6 is 43.6 Å². The van der Waals surface area contributed by atoms with Gasteiger partial charge in [0, 0.05) is 87.9 Å². The highest BCUT2D eigenvalue weighted by Gasteiger charge is 2.29. The van der Waals surface area contributed by atoms with Crippen molar-refractivity contribution in [3.63, 3.8) is 0 Å². The lowest BCUT2D eigenvalue weighted by atomic mass is 10.1. The van der Waals surface area contributed by atoms with Crippen molar-refractivity contribution in [2.24, 2.45) is 7.05 Å². The van der Waals surface area contributed by atoms with E-state index in [4.69, 9.17) is 23.7 Å². The number of carbonyl (C=O) groups is 3. The third-order valence-electron chi connectivity index (χ3n) is 11.5. The number of fused-ring (bicyclic) bond motifs is 10. The van der Waals surface area contributed by atoms with Crippen molar-refractivity contribution in [1.29, 1.82) is 0 Å². The maximum atomic E-state index is 12.4. The third-order valence-corrected chi connectivity index (χ3v) is 13.4. The Labute approximate surface area is 425 Å². The molecule has 0 radical (unpaired) electrons. The number of pyridine rings is 4. The molecule has 0 bridgehead atoms. The number of hydrogen-bond acceptors (Lipinski definition) is 15. The minimum absolute atomic E-state index is 0.0147. The van der Waals surface area contributed by atoms with E-state index in [2.05, 4.69) is 67.4 Å². The number of rotatable bonds is 9. The largest absolute Gasteiger partial charge is 0.481 e. The molecule has 6 aromatic heterocycles. The Balaban J connectivity index is 0.000000136. The molecule has 1 N–H and O–H groups in total. The molecule has 0 atom stereocenters. The minimum atomic E-state index is -0.149. The Hall–Kier alpha value is -7.24. The number of nitrogens with zero attached hydrogens (tertiary/aromatic N) is 10. The molecule has 0 unspecified atom stereocenters. The van der Waals surface area contributed by atoms with Gasteiger partial charge in [0.25, 0.3) is 17.7 Å². The standard InChI is InChI=1S/C24H21N7O3S.C14H13BrN2O3.C11H7BrN2O2/c1-29-12-16(10-26-29)15-3-6-21-27-28-24(31(21)13-15)35-17-4-5-19-18(9-17)23-20(11-25-19)30(7-8-33-2)22(32)14-34-23;1-19-5-4-17-12-7-16-11-3-2-9(15)6-10(11)14(12)20-8-13(17)18;12-6-1-2-8-7(3-6)11-9(4-13-8)14-10(15)5-16-11/h3-6,9-13H,7-8,14H2,1-2H3;2-3,6-7H,4-5,8H2,1H3;1-4H,5H2,(H,14,15). The molecule has 360 valence electrons. The van der Waals surface area contributed by atoms with Crippen molar-refractivity contribution in [3.8, 4) is 28.4 Å². The van der Waals surface area contributed by atoms with Crippen LogP contribution in [0.4, 0.5) is 17.1 Å². The fraction of sp³-hybridized carbons (Fsp3) is 0.204. The number of ether oxygens (including phenoxy) is 5. The average Bonchev–Trinajstić information content (AvgIpc) is 4.00. The van der Waals surface area contributed by atoms with Crippen LogP contribution in [-0.4, -0.2) is 117 Å². The number of benzene rings is 3. The van der Waals surface area contributed by atoms with Crippen LogP contribution in [0.5, 0.6) is 17.2 Å². The number of anilines is 3. The van der Waals surface area contributed by atoms with Gasteiger partial charge in [0.1, 0.15) is 17.1 Å². The van der Waals surface area contributed by atoms with Gasteiger partial charge in [-0.2, -0.15) is 5.10 Å². The number of methoxy groups -OCH3 is 2. The lowest BCUT2D eigenvalue weighted by Crippen LogP contribution is -2.40. The monoisotopic (exact) mass is 1100 g/mol. The summed E-state index contributed by atoms with van der Waals surface area (Å²) in [5.74, 6) is 1.70. The van der Waals surface area contributed by atoms with Gasteiger partial charge < -0.3 is 38.8 Å². The zero-order valence-corrected chi connectivity index (χ0v) is 42.2. The van der Waals surface area contributed by atoms with Crippen LogP contribution in [0.15, 0.2) is 123 Å². The van der Waals surface area contributed by atoms with Crippen LogP contribution in [0.25, 0.3) is 49.5 Å². The average molecular weight is 1100 g/mol. The van der Waals surface area contributed by atoms with Crippen LogP contribution in [0.1, 0.15) is 0 Å². The number of nitrogens with one attached hydrogen (secondary N) is 1. The second-order valence-electron chi connectivity index (χ2n) is 16.1. The van der Waals surface area contributed by atoms with Crippen LogP contribution in [0, 0.1) is 0 Å². The van der Waals surface area contributed by atoms with Crippen LogP contribution < -0.4 is 29.3 Å². The van der Waals surface area contributed by atoms with Crippen molar-refractivity contribution >= 4 is 117 Å². The Morgan fingerprint density at radius 1 is 0.648 bits per heavy atom. The van der Waals surface area contributed by atoms with E-state index in [1.54, 1.807) is 47.3 Å². The molecule has 3 aliphatic heterocycles. The molecule has 0 saturated carbocycles. The molecule has 71 heavy (non-hydrogen) atoms. The highest BCUT2D eigenvalue weighted by Crippen LogP contribution is 2.41. The molecule has 22 heteroatoms. The van der Waals surface area contributed by atoms with E-state index in [1.807, 2.05) is 96.8 Å². The SMILES string of the molecule is COCCN1C(=O)COc2c1cnc1ccc(Br)cc21.COCCN1C(=O)COc2c1cnc1ccc(Sc3nnc4ccc(-c5cnn(C)c5)cn34)cc21.O=C1COc2c(cnc3ccc(Br)cc23)N1. The lowest BCUT2D eigenvalue weighted by Gasteiger charge is -2.29. The zero-order chi connectivity index (χ0) is 49.2. The van der Waals surface area contributed by atoms with Crippen molar-refractivity contribution in [2.45, 2.75) is 10.1 Å². The summed E-state index contributed by atoms with van der Waals surface area (Å²) in [6.45, 7) is 1.92. The Morgan fingerprint density at radius 3 is 1.83 bits per heavy atom. The lowest BCUT2D eigenvalue weighted by molar-refractivity contribution is -0.122. The summed E-state index contributed by atoms with van der Waals surface area (Å²) in [5.41, 5.74) is 7.26. The van der Waals surface area contributed by atoms with E-state index in [-0.39, 0.29) is 37.5 Å². The molecule has 3 amide bonds.